The molecule has 0 radical (unpaired) electrons. The maximum Gasteiger partial charge on any atom is 0.303 e. The molecular weight excluding hydrogens is 366 g/mol. The van der Waals surface area contributed by atoms with Gasteiger partial charge in [0.2, 0.25) is 0 Å². The summed E-state index contributed by atoms with van der Waals surface area (Å²) in [6, 6.07) is 7.84. The molecule has 0 aliphatic heterocycles. The third-order valence-corrected chi connectivity index (χ3v) is 6.27. The Bertz CT molecular complexity index is 886. The summed E-state index contributed by atoms with van der Waals surface area (Å²) in [5.74, 6) is -0.211. The number of hydrogen-bond acceptors (Lipinski definition) is 3. The normalized spacial score (nSPS) is 19.2. The van der Waals surface area contributed by atoms with Gasteiger partial charge >= 0.3 is 5.97 Å². The average molecular weight is 398 g/mol. The number of aromatic nitrogens is 2. The van der Waals surface area contributed by atoms with E-state index in [0.717, 1.165) is 29.1 Å². The number of benzene rings is 1. The topological polar surface area (TPSA) is 75.4 Å². The number of nitrogens with zero attached hydrogens (tertiary/aromatic N) is 3. The lowest BCUT2D eigenvalue weighted by Gasteiger charge is -2.36. The molecule has 1 N–H and O–H groups in total. The molecule has 0 bridgehead atoms. The largest absolute Gasteiger partial charge is 0.481 e. The molecule has 1 saturated carbocycles. The zero-order valence-corrected chi connectivity index (χ0v) is 17.8. The second kappa shape index (κ2) is 8.80. The number of aliphatic carboxylic acids is 1. The highest BCUT2D eigenvalue weighted by Gasteiger charge is 2.28. The number of carbonyl (C=O) groups is 2. The molecule has 0 saturated heterocycles. The van der Waals surface area contributed by atoms with E-state index in [2.05, 4.69) is 12.0 Å². The first-order valence-corrected chi connectivity index (χ1v) is 10.4. The van der Waals surface area contributed by atoms with E-state index in [9.17, 15) is 9.59 Å². The summed E-state index contributed by atoms with van der Waals surface area (Å²) >= 11 is 0. The molecule has 1 aromatic carbocycles. The van der Waals surface area contributed by atoms with Gasteiger partial charge in [-0.3, -0.25) is 9.59 Å². The molecule has 1 fully saturated rings. The standard InChI is InChI=1S/C23H31N3O3/c1-15-7-5-6-8-21(15)25(4)23(29)18-9-11-19(12-10-18)26-17(3)20(16(2)24-26)13-14-22(27)28/h9-12,15,21H,5-8,13-14H2,1-4H3,(H,27,28). The number of carboxylic acid groups (broad SMARTS) is 1. The number of carboxylic acids is 1. The Morgan fingerprint density at radius 1 is 1.17 bits per heavy atom. The van der Waals surface area contributed by atoms with E-state index in [0.29, 0.717) is 23.9 Å². The van der Waals surface area contributed by atoms with E-state index < -0.39 is 5.97 Å². The molecule has 6 heteroatoms. The Hall–Kier alpha value is -2.63. The number of hydrogen-bond donors (Lipinski definition) is 1. The fourth-order valence-corrected chi connectivity index (χ4v) is 4.49. The van der Waals surface area contributed by atoms with Crippen LogP contribution in [-0.4, -0.2) is 44.8 Å². The summed E-state index contributed by atoms with van der Waals surface area (Å²) in [5, 5.41) is 13.5. The van der Waals surface area contributed by atoms with E-state index >= 15 is 0 Å². The first-order valence-electron chi connectivity index (χ1n) is 10.4. The molecule has 156 valence electrons. The maximum atomic E-state index is 13.0. The lowest BCUT2D eigenvalue weighted by atomic mass is 9.85. The predicted molar refractivity (Wildman–Crippen MR) is 113 cm³/mol. The van der Waals surface area contributed by atoms with Crippen molar-refractivity contribution in [1.29, 1.82) is 0 Å². The number of carbonyl (C=O) groups excluding carboxylic acids is 1. The molecule has 0 spiro atoms. The van der Waals surface area contributed by atoms with Gasteiger partial charge in [-0.1, -0.05) is 19.8 Å². The lowest BCUT2D eigenvalue weighted by molar-refractivity contribution is -0.136. The lowest BCUT2D eigenvalue weighted by Crippen LogP contribution is -2.42. The van der Waals surface area contributed by atoms with Gasteiger partial charge in [0.05, 0.1) is 11.4 Å². The van der Waals surface area contributed by atoms with Crippen molar-refractivity contribution in [2.75, 3.05) is 7.05 Å². The van der Waals surface area contributed by atoms with Gasteiger partial charge < -0.3 is 10.0 Å². The minimum atomic E-state index is -0.809. The zero-order valence-electron chi connectivity index (χ0n) is 17.8. The molecule has 1 aliphatic rings. The van der Waals surface area contributed by atoms with Crippen molar-refractivity contribution in [1.82, 2.24) is 14.7 Å². The van der Waals surface area contributed by atoms with E-state index in [1.807, 2.05) is 54.7 Å². The van der Waals surface area contributed by atoms with Crippen molar-refractivity contribution < 1.29 is 14.7 Å². The molecule has 1 amide bonds. The SMILES string of the molecule is Cc1nn(-c2ccc(C(=O)N(C)C3CCCCC3C)cc2)c(C)c1CCC(=O)O. The van der Waals surface area contributed by atoms with Crippen LogP contribution in [0.3, 0.4) is 0 Å². The molecule has 3 rings (SSSR count). The summed E-state index contributed by atoms with van der Waals surface area (Å²) in [7, 11) is 1.92. The van der Waals surface area contributed by atoms with Crippen LogP contribution in [-0.2, 0) is 11.2 Å². The first kappa shape index (κ1) is 21.1. The van der Waals surface area contributed by atoms with Crippen molar-refractivity contribution in [3.05, 3.63) is 46.8 Å². The molecule has 6 nitrogen and oxygen atoms in total. The van der Waals surface area contributed by atoms with Crippen LogP contribution in [0.1, 0.15) is 66.3 Å². The van der Waals surface area contributed by atoms with Crippen molar-refractivity contribution in [2.24, 2.45) is 5.92 Å². The Morgan fingerprint density at radius 2 is 1.83 bits per heavy atom. The van der Waals surface area contributed by atoms with Crippen LogP contribution >= 0.6 is 0 Å². The molecule has 2 unspecified atom stereocenters. The van der Waals surface area contributed by atoms with Crippen LogP contribution in [0.25, 0.3) is 5.69 Å². The van der Waals surface area contributed by atoms with Gasteiger partial charge in [0.25, 0.3) is 5.91 Å². The van der Waals surface area contributed by atoms with Crippen molar-refractivity contribution in [3.63, 3.8) is 0 Å². The number of aryl methyl sites for hydroxylation is 1. The number of amides is 1. The maximum absolute atomic E-state index is 13.0. The molecule has 1 aliphatic carbocycles. The second-order valence-electron chi connectivity index (χ2n) is 8.25. The highest BCUT2D eigenvalue weighted by Crippen LogP contribution is 2.28. The Labute approximate surface area is 172 Å². The summed E-state index contributed by atoms with van der Waals surface area (Å²) in [6.07, 6.45) is 5.26. The Kier molecular flexibility index (Phi) is 6.40. The number of rotatable bonds is 6. The van der Waals surface area contributed by atoms with Gasteiger partial charge in [0, 0.05) is 30.8 Å². The van der Waals surface area contributed by atoms with Crippen LogP contribution in [0.15, 0.2) is 24.3 Å². The van der Waals surface area contributed by atoms with E-state index in [-0.39, 0.29) is 12.3 Å². The van der Waals surface area contributed by atoms with Crippen molar-refractivity contribution >= 4 is 11.9 Å². The molecule has 29 heavy (non-hydrogen) atoms. The Morgan fingerprint density at radius 3 is 2.45 bits per heavy atom. The highest BCUT2D eigenvalue weighted by atomic mass is 16.4. The van der Waals surface area contributed by atoms with Gasteiger partial charge in [0.15, 0.2) is 0 Å². The monoisotopic (exact) mass is 397 g/mol. The van der Waals surface area contributed by atoms with Gasteiger partial charge in [-0.2, -0.15) is 5.10 Å². The molecule has 1 aromatic heterocycles. The van der Waals surface area contributed by atoms with E-state index in [1.54, 1.807) is 0 Å². The molecule has 2 atom stereocenters. The van der Waals surface area contributed by atoms with Gasteiger partial charge in [-0.05, 0) is 68.9 Å². The predicted octanol–water partition coefficient (Wildman–Crippen LogP) is 4.16. The van der Waals surface area contributed by atoms with Gasteiger partial charge in [-0.15, -0.1) is 0 Å². The van der Waals surface area contributed by atoms with Gasteiger partial charge in [0.1, 0.15) is 0 Å². The van der Waals surface area contributed by atoms with E-state index in [1.165, 1.54) is 19.3 Å². The van der Waals surface area contributed by atoms with Crippen LogP contribution in [0, 0.1) is 19.8 Å². The average Bonchev–Trinajstić information content (AvgIpc) is 2.99. The molecule has 2 aromatic rings. The molecular formula is C23H31N3O3. The van der Waals surface area contributed by atoms with Crippen LogP contribution in [0.2, 0.25) is 0 Å². The van der Waals surface area contributed by atoms with Crippen LogP contribution in [0.5, 0.6) is 0 Å². The molecule has 1 heterocycles. The Balaban J connectivity index is 1.77. The fraction of sp³-hybridized carbons (Fsp3) is 0.522. The summed E-state index contributed by atoms with van der Waals surface area (Å²) in [4.78, 5) is 25.8. The highest BCUT2D eigenvalue weighted by molar-refractivity contribution is 5.94. The van der Waals surface area contributed by atoms with Crippen LogP contribution < -0.4 is 0 Å². The van der Waals surface area contributed by atoms with Crippen molar-refractivity contribution in [2.45, 2.75) is 65.3 Å². The van der Waals surface area contributed by atoms with E-state index in [4.69, 9.17) is 5.11 Å². The minimum absolute atomic E-state index is 0.0609. The van der Waals surface area contributed by atoms with Crippen molar-refractivity contribution in [3.8, 4) is 5.69 Å². The fourth-order valence-electron chi connectivity index (χ4n) is 4.49. The first-order chi connectivity index (χ1) is 13.8. The van der Waals surface area contributed by atoms with Crippen LogP contribution in [0.4, 0.5) is 0 Å². The zero-order chi connectivity index (χ0) is 21.1. The summed E-state index contributed by atoms with van der Waals surface area (Å²) in [5.41, 5.74) is 4.31. The third-order valence-electron chi connectivity index (χ3n) is 6.27. The minimum Gasteiger partial charge on any atom is -0.481 e. The summed E-state index contributed by atoms with van der Waals surface area (Å²) < 4.78 is 1.83. The second-order valence-corrected chi connectivity index (χ2v) is 8.25. The quantitative estimate of drug-likeness (QED) is 0.794. The third kappa shape index (κ3) is 4.52. The summed E-state index contributed by atoms with van der Waals surface area (Å²) in [6.45, 7) is 6.09. The smallest absolute Gasteiger partial charge is 0.303 e. The van der Waals surface area contributed by atoms with Gasteiger partial charge in [-0.25, -0.2) is 4.68 Å².